The van der Waals surface area contributed by atoms with Crippen LogP contribution in [-0.4, -0.2) is 28.7 Å². The summed E-state index contributed by atoms with van der Waals surface area (Å²) in [5.41, 5.74) is 0.784. The van der Waals surface area contributed by atoms with Crippen molar-refractivity contribution in [3.63, 3.8) is 0 Å². The van der Waals surface area contributed by atoms with Gasteiger partial charge in [-0.1, -0.05) is 0 Å². The normalized spacial score (nSPS) is 9.67. The molecular weight excluding hydrogens is 198 g/mol. The Morgan fingerprint density at radius 1 is 1.60 bits per heavy atom. The third kappa shape index (κ3) is 4.26. The molecule has 0 aliphatic rings. The highest BCUT2D eigenvalue weighted by Gasteiger charge is 2.09. The summed E-state index contributed by atoms with van der Waals surface area (Å²) in [7, 11) is 0. The van der Waals surface area contributed by atoms with Gasteiger partial charge in [0.2, 0.25) is 5.91 Å². The van der Waals surface area contributed by atoms with Crippen molar-refractivity contribution >= 4 is 11.9 Å². The number of rotatable bonds is 5. The second kappa shape index (κ2) is 5.79. The molecule has 1 aromatic rings. The van der Waals surface area contributed by atoms with Gasteiger partial charge in [-0.25, -0.2) is 0 Å². The predicted octanol–water partition coefficient (Wildman–Crippen LogP) is -0.0209. The Labute approximate surface area is 87.0 Å². The molecule has 0 unspecified atom stereocenters. The summed E-state index contributed by atoms with van der Waals surface area (Å²) < 4.78 is 4.63. The fourth-order valence-corrected chi connectivity index (χ4v) is 0.983. The van der Waals surface area contributed by atoms with Crippen LogP contribution in [0, 0.1) is 0 Å². The Kier molecular flexibility index (Phi) is 4.33. The number of H-pyrrole nitrogens is 1. The largest absolute Gasteiger partial charge is 0.466 e. The van der Waals surface area contributed by atoms with Gasteiger partial charge in [0.1, 0.15) is 6.42 Å². The highest BCUT2D eigenvalue weighted by molar-refractivity contribution is 5.94. The van der Waals surface area contributed by atoms with E-state index in [9.17, 15) is 9.59 Å². The molecule has 0 saturated heterocycles. The lowest BCUT2D eigenvalue weighted by atomic mass is 10.3. The monoisotopic (exact) mass is 211 g/mol. The van der Waals surface area contributed by atoms with E-state index in [1.165, 1.54) is 0 Å². The van der Waals surface area contributed by atoms with Crippen LogP contribution < -0.4 is 5.32 Å². The highest BCUT2D eigenvalue weighted by atomic mass is 16.5. The molecule has 15 heavy (non-hydrogen) atoms. The van der Waals surface area contributed by atoms with Gasteiger partial charge < -0.3 is 10.1 Å². The van der Waals surface area contributed by atoms with E-state index in [4.69, 9.17) is 0 Å². The Morgan fingerprint density at radius 3 is 3.00 bits per heavy atom. The minimum atomic E-state index is -0.514. The van der Waals surface area contributed by atoms with Crippen LogP contribution in [0.3, 0.4) is 0 Å². The molecule has 0 aliphatic heterocycles. The predicted molar refractivity (Wildman–Crippen MR) is 51.7 cm³/mol. The van der Waals surface area contributed by atoms with Crippen LogP contribution in [-0.2, 0) is 20.9 Å². The lowest BCUT2D eigenvalue weighted by molar-refractivity contribution is -0.146. The number of ether oxygens (including phenoxy) is 1. The van der Waals surface area contributed by atoms with Crippen molar-refractivity contribution in [2.45, 2.75) is 19.9 Å². The summed E-state index contributed by atoms with van der Waals surface area (Å²) in [6.07, 6.45) is 1.34. The smallest absolute Gasteiger partial charge is 0.315 e. The molecule has 0 radical (unpaired) electrons. The van der Waals surface area contributed by atoms with E-state index >= 15 is 0 Å². The van der Waals surface area contributed by atoms with E-state index in [1.54, 1.807) is 19.2 Å². The maximum absolute atomic E-state index is 11.2. The summed E-state index contributed by atoms with van der Waals surface area (Å²) in [6.45, 7) is 2.31. The first-order chi connectivity index (χ1) is 7.22. The molecule has 1 rings (SSSR count). The molecule has 1 aromatic heterocycles. The van der Waals surface area contributed by atoms with E-state index in [2.05, 4.69) is 20.3 Å². The van der Waals surface area contributed by atoms with Gasteiger partial charge in [-0.2, -0.15) is 5.10 Å². The molecule has 0 spiro atoms. The third-order valence-corrected chi connectivity index (χ3v) is 1.64. The van der Waals surface area contributed by atoms with Crippen molar-refractivity contribution in [2.24, 2.45) is 0 Å². The fraction of sp³-hybridized carbons (Fsp3) is 0.444. The van der Waals surface area contributed by atoms with Crippen LogP contribution in [0.2, 0.25) is 0 Å². The minimum absolute atomic E-state index is 0.248. The Bertz CT molecular complexity index is 321. The van der Waals surface area contributed by atoms with Crippen molar-refractivity contribution in [3.8, 4) is 0 Å². The quantitative estimate of drug-likeness (QED) is 0.529. The van der Waals surface area contributed by atoms with E-state index in [0.29, 0.717) is 6.54 Å². The van der Waals surface area contributed by atoms with Crippen LogP contribution in [0.5, 0.6) is 0 Å². The van der Waals surface area contributed by atoms with Gasteiger partial charge in [0.25, 0.3) is 0 Å². The fourth-order valence-electron chi connectivity index (χ4n) is 0.983. The summed E-state index contributed by atoms with van der Waals surface area (Å²) in [5, 5.41) is 8.98. The van der Waals surface area contributed by atoms with Gasteiger partial charge >= 0.3 is 5.97 Å². The number of hydrogen-bond donors (Lipinski definition) is 2. The van der Waals surface area contributed by atoms with Crippen LogP contribution in [0.4, 0.5) is 0 Å². The summed E-state index contributed by atoms with van der Waals surface area (Å²) in [5.74, 6) is -0.873. The van der Waals surface area contributed by atoms with Crippen molar-refractivity contribution in [2.75, 3.05) is 6.61 Å². The molecule has 0 aliphatic carbocycles. The lowest BCUT2D eigenvalue weighted by Gasteiger charge is -2.03. The maximum Gasteiger partial charge on any atom is 0.315 e. The number of amides is 1. The Morgan fingerprint density at radius 2 is 2.40 bits per heavy atom. The number of hydrogen-bond acceptors (Lipinski definition) is 4. The minimum Gasteiger partial charge on any atom is -0.466 e. The first-order valence-electron chi connectivity index (χ1n) is 4.63. The number of carbonyl (C=O) groups is 2. The number of nitrogens with one attached hydrogen (secondary N) is 2. The summed E-state index contributed by atoms with van der Waals surface area (Å²) in [4.78, 5) is 22.1. The molecule has 6 heteroatoms. The second-order valence-corrected chi connectivity index (χ2v) is 2.84. The Hall–Kier alpha value is -1.85. The SMILES string of the molecule is CCOC(=O)CC(=O)NCc1ccn[nH]1. The zero-order valence-corrected chi connectivity index (χ0v) is 8.45. The molecule has 0 atom stereocenters. The van der Waals surface area contributed by atoms with Crippen LogP contribution >= 0.6 is 0 Å². The van der Waals surface area contributed by atoms with Crippen LogP contribution in [0.15, 0.2) is 12.3 Å². The molecule has 0 fully saturated rings. The van der Waals surface area contributed by atoms with Crippen molar-refractivity contribution in [1.29, 1.82) is 0 Å². The molecule has 1 amide bonds. The van der Waals surface area contributed by atoms with Crippen LogP contribution in [0.25, 0.3) is 0 Å². The number of esters is 1. The maximum atomic E-state index is 11.2. The van der Waals surface area contributed by atoms with Crippen molar-refractivity contribution in [1.82, 2.24) is 15.5 Å². The zero-order valence-electron chi connectivity index (χ0n) is 8.45. The van der Waals surface area contributed by atoms with Crippen LogP contribution in [0.1, 0.15) is 19.0 Å². The molecular formula is C9H13N3O3. The summed E-state index contributed by atoms with van der Waals surface area (Å²) in [6, 6.07) is 1.74. The molecule has 1 heterocycles. The first-order valence-corrected chi connectivity index (χ1v) is 4.63. The molecule has 82 valence electrons. The van der Waals surface area contributed by atoms with Crippen molar-refractivity contribution in [3.05, 3.63) is 18.0 Å². The third-order valence-electron chi connectivity index (χ3n) is 1.64. The zero-order chi connectivity index (χ0) is 11.1. The number of carbonyl (C=O) groups excluding carboxylic acids is 2. The highest BCUT2D eigenvalue weighted by Crippen LogP contribution is 1.92. The van der Waals surface area contributed by atoms with E-state index in [-0.39, 0.29) is 18.9 Å². The molecule has 6 nitrogen and oxygen atoms in total. The van der Waals surface area contributed by atoms with Gasteiger partial charge in [0.05, 0.1) is 18.8 Å². The van der Waals surface area contributed by atoms with Gasteiger partial charge in [0, 0.05) is 6.20 Å². The standard InChI is InChI=1S/C9H13N3O3/c1-2-15-9(14)5-8(13)10-6-7-3-4-11-12-7/h3-4H,2,5-6H2,1H3,(H,10,13)(H,11,12). The average Bonchev–Trinajstić information content (AvgIpc) is 2.67. The molecule has 0 saturated carbocycles. The van der Waals surface area contributed by atoms with Gasteiger partial charge in [-0.05, 0) is 13.0 Å². The topological polar surface area (TPSA) is 84.1 Å². The van der Waals surface area contributed by atoms with Crippen molar-refractivity contribution < 1.29 is 14.3 Å². The first kappa shape index (κ1) is 11.2. The van der Waals surface area contributed by atoms with Gasteiger partial charge in [0.15, 0.2) is 0 Å². The average molecular weight is 211 g/mol. The van der Waals surface area contributed by atoms with E-state index in [0.717, 1.165) is 5.69 Å². The Balaban J connectivity index is 2.22. The van der Waals surface area contributed by atoms with E-state index in [1.807, 2.05) is 0 Å². The van der Waals surface area contributed by atoms with Gasteiger partial charge in [-0.15, -0.1) is 0 Å². The summed E-state index contributed by atoms with van der Waals surface area (Å²) >= 11 is 0. The molecule has 0 bridgehead atoms. The molecule has 0 aromatic carbocycles. The number of aromatic amines is 1. The molecule has 2 N–H and O–H groups in total. The second-order valence-electron chi connectivity index (χ2n) is 2.84. The van der Waals surface area contributed by atoms with E-state index < -0.39 is 5.97 Å². The number of nitrogens with zero attached hydrogens (tertiary/aromatic N) is 1. The van der Waals surface area contributed by atoms with Gasteiger partial charge in [-0.3, -0.25) is 14.7 Å². The number of aromatic nitrogens is 2. The lowest BCUT2D eigenvalue weighted by Crippen LogP contribution is -2.26.